The van der Waals surface area contributed by atoms with Gasteiger partial charge < -0.3 is 4.74 Å². The molecule has 0 aliphatic rings. The Kier molecular flexibility index (Phi) is 8.44. The number of hydrogen-bond donors (Lipinski definition) is 0. The highest BCUT2D eigenvalue weighted by atomic mass is 35.5. The second kappa shape index (κ2) is 11.3. The fraction of sp³-hybridized carbons (Fsp3) is 0.280. The van der Waals surface area contributed by atoms with Crippen molar-refractivity contribution in [3.05, 3.63) is 99.5 Å². The number of carbonyl (C=O) groups excluding carboxylic acids is 1. The van der Waals surface area contributed by atoms with Gasteiger partial charge in [-0.25, -0.2) is 9.18 Å². The number of aromatic nitrogens is 1. The monoisotopic (exact) mass is 459 g/mol. The van der Waals surface area contributed by atoms with Gasteiger partial charge in [0.25, 0.3) is 0 Å². The molecule has 0 N–H and O–H groups in total. The summed E-state index contributed by atoms with van der Waals surface area (Å²) < 4.78 is 19.4. The third kappa shape index (κ3) is 6.52. The van der Waals surface area contributed by atoms with Crippen LogP contribution in [0.15, 0.2) is 67.0 Å². The van der Waals surface area contributed by atoms with E-state index in [-0.39, 0.29) is 22.3 Å². The van der Waals surface area contributed by atoms with Gasteiger partial charge in [-0.1, -0.05) is 61.2 Å². The molecule has 162 valence electrons. The molecule has 2 aromatic carbocycles. The number of esters is 1. The number of ether oxygens (including phenoxy) is 1. The van der Waals surface area contributed by atoms with Crippen LogP contribution in [0, 0.1) is 11.7 Å². The lowest BCUT2D eigenvalue weighted by molar-refractivity contribution is 0.0110. The number of hydrogen-bond acceptors (Lipinski definition) is 3. The van der Waals surface area contributed by atoms with Crippen molar-refractivity contribution in [3.63, 3.8) is 0 Å². The standard InChI is InChI=1S/C25H24Cl2FNO2/c1-2-3-5-18(14-17-7-10-21(28)11-8-17)24(19-6-4-13-29-16-19)31-25(30)22-12-9-20(26)15-23(22)27/h4,6-13,15-16,18,24H,2-3,5,14H2,1H3. The fourth-order valence-electron chi connectivity index (χ4n) is 3.56. The first-order chi connectivity index (χ1) is 15.0. The van der Waals surface area contributed by atoms with Crippen LogP contribution in [0.5, 0.6) is 0 Å². The molecule has 3 rings (SSSR count). The topological polar surface area (TPSA) is 39.2 Å². The summed E-state index contributed by atoms with van der Waals surface area (Å²) in [6.07, 6.45) is 6.34. The van der Waals surface area contributed by atoms with E-state index >= 15 is 0 Å². The molecule has 6 heteroatoms. The molecule has 1 aromatic heterocycles. The maximum Gasteiger partial charge on any atom is 0.340 e. The summed E-state index contributed by atoms with van der Waals surface area (Å²) in [6.45, 7) is 2.12. The van der Waals surface area contributed by atoms with E-state index < -0.39 is 12.1 Å². The number of benzene rings is 2. The summed E-state index contributed by atoms with van der Waals surface area (Å²) in [6, 6.07) is 14.9. The number of halogens is 3. The lowest BCUT2D eigenvalue weighted by atomic mass is 9.86. The first-order valence-corrected chi connectivity index (χ1v) is 11.0. The zero-order valence-electron chi connectivity index (χ0n) is 17.2. The van der Waals surface area contributed by atoms with Crippen molar-refractivity contribution in [3.8, 4) is 0 Å². The van der Waals surface area contributed by atoms with Crippen molar-refractivity contribution in [2.45, 2.75) is 38.7 Å². The minimum atomic E-state index is -0.524. The molecule has 0 spiro atoms. The Morgan fingerprint density at radius 2 is 1.90 bits per heavy atom. The van der Waals surface area contributed by atoms with Gasteiger partial charge in [-0.15, -0.1) is 0 Å². The van der Waals surface area contributed by atoms with Gasteiger partial charge in [0.1, 0.15) is 11.9 Å². The van der Waals surface area contributed by atoms with Crippen molar-refractivity contribution in [2.75, 3.05) is 0 Å². The van der Waals surface area contributed by atoms with Gasteiger partial charge >= 0.3 is 5.97 Å². The van der Waals surface area contributed by atoms with Gasteiger partial charge in [0.15, 0.2) is 0 Å². The molecule has 0 saturated carbocycles. The molecule has 0 aliphatic heterocycles. The Labute approximate surface area is 192 Å². The lowest BCUT2D eigenvalue weighted by Crippen LogP contribution is -2.22. The molecule has 0 bridgehead atoms. The van der Waals surface area contributed by atoms with E-state index in [2.05, 4.69) is 11.9 Å². The quantitative estimate of drug-likeness (QED) is 0.311. The Balaban J connectivity index is 1.92. The van der Waals surface area contributed by atoms with E-state index in [1.807, 2.05) is 12.1 Å². The lowest BCUT2D eigenvalue weighted by Gasteiger charge is -2.28. The second-order valence-corrected chi connectivity index (χ2v) is 8.31. The van der Waals surface area contributed by atoms with Crippen LogP contribution in [0.25, 0.3) is 0 Å². The fourth-order valence-corrected chi connectivity index (χ4v) is 4.05. The van der Waals surface area contributed by atoms with Crippen LogP contribution in [0.3, 0.4) is 0 Å². The summed E-state index contributed by atoms with van der Waals surface area (Å²) in [5, 5.41) is 0.688. The van der Waals surface area contributed by atoms with Gasteiger partial charge in [-0.05, 0) is 54.8 Å². The molecule has 0 fully saturated rings. The van der Waals surface area contributed by atoms with Crippen molar-refractivity contribution < 1.29 is 13.9 Å². The minimum Gasteiger partial charge on any atom is -0.453 e. The van der Waals surface area contributed by atoms with Crippen LogP contribution in [0.2, 0.25) is 10.0 Å². The van der Waals surface area contributed by atoms with Crippen LogP contribution < -0.4 is 0 Å². The van der Waals surface area contributed by atoms with Gasteiger partial charge in [0, 0.05) is 28.9 Å². The Hall–Kier alpha value is -2.43. The largest absolute Gasteiger partial charge is 0.453 e. The zero-order chi connectivity index (χ0) is 22.2. The number of carbonyl (C=O) groups is 1. The van der Waals surface area contributed by atoms with Crippen molar-refractivity contribution in [1.29, 1.82) is 0 Å². The van der Waals surface area contributed by atoms with E-state index in [4.69, 9.17) is 27.9 Å². The number of pyridine rings is 1. The van der Waals surface area contributed by atoms with Gasteiger partial charge in [0.05, 0.1) is 10.6 Å². The van der Waals surface area contributed by atoms with Crippen LogP contribution in [-0.2, 0) is 11.2 Å². The van der Waals surface area contributed by atoms with Crippen molar-refractivity contribution in [2.24, 2.45) is 5.92 Å². The van der Waals surface area contributed by atoms with Crippen LogP contribution in [0.4, 0.5) is 4.39 Å². The van der Waals surface area contributed by atoms with Crippen molar-refractivity contribution >= 4 is 29.2 Å². The first-order valence-electron chi connectivity index (χ1n) is 10.3. The second-order valence-electron chi connectivity index (χ2n) is 7.47. The van der Waals surface area contributed by atoms with E-state index in [9.17, 15) is 9.18 Å². The molecule has 3 aromatic rings. The summed E-state index contributed by atoms with van der Waals surface area (Å²) in [4.78, 5) is 17.2. The number of nitrogens with zero attached hydrogens (tertiary/aromatic N) is 1. The molecule has 2 atom stereocenters. The zero-order valence-corrected chi connectivity index (χ0v) is 18.7. The predicted octanol–water partition coefficient (Wildman–Crippen LogP) is 7.47. The SMILES string of the molecule is CCCCC(Cc1ccc(F)cc1)C(OC(=O)c1ccc(Cl)cc1Cl)c1cccnc1. The summed E-state index contributed by atoms with van der Waals surface area (Å²) in [7, 11) is 0. The Bertz CT molecular complexity index is 996. The smallest absolute Gasteiger partial charge is 0.340 e. The van der Waals surface area contributed by atoms with Crippen LogP contribution >= 0.6 is 23.2 Å². The van der Waals surface area contributed by atoms with E-state index in [0.717, 1.165) is 30.4 Å². The Morgan fingerprint density at radius 3 is 2.55 bits per heavy atom. The summed E-state index contributed by atoms with van der Waals surface area (Å²) in [5.41, 5.74) is 2.05. The number of unbranched alkanes of at least 4 members (excludes halogenated alkanes) is 1. The normalized spacial score (nSPS) is 12.9. The van der Waals surface area contributed by atoms with E-state index in [1.165, 1.54) is 18.2 Å². The molecular weight excluding hydrogens is 436 g/mol. The molecule has 31 heavy (non-hydrogen) atoms. The average Bonchev–Trinajstić information content (AvgIpc) is 2.77. The van der Waals surface area contributed by atoms with Gasteiger partial charge in [-0.2, -0.15) is 0 Å². The van der Waals surface area contributed by atoms with Gasteiger partial charge in [0.2, 0.25) is 0 Å². The molecule has 2 unspecified atom stereocenters. The average molecular weight is 460 g/mol. The maximum absolute atomic E-state index is 13.4. The first kappa shape index (κ1) is 23.2. The molecule has 0 aliphatic carbocycles. The molecule has 1 heterocycles. The summed E-state index contributed by atoms with van der Waals surface area (Å²) in [5.74, 6) is -0.803. The highest BCUT2D eigenvalue weighted by Crippen LogP contribution is 2.34. The third-order valence-corrected chi connectivity index (χ3v) is 5.71. The number of rotatable bonds is 9. The highest BCUT2D eigenvalue weighted by Gasteiger charge is 2.28. The molecular formula is C25H24Cl2FNO2. The Morgan fingerprint density at radius 1 is 1.13 bits per heavy atom. The minimum absolute atomic E-state index is 0.00960. The van der Waals surface area contributed by atoms with Gasteiger partial charge in [-0.3, -0.25) is 4.98 Å². The third-order valence-electron chi connectivity index (χ3n) is 5.17. The predicted molar refractivity (Wildman–Crippen MR) is 122 cm³/mol. The molecule has 3 nitrogen and oxygen atoms in total. The molecule has 0 saturated heterocycles. The maximum atomic E-state index is 13.4. The summed E-state index contributed by atoms with van der Waals surface area (Å²) >= 11 is 12.2. The van der Waals surface area contributed by atoms with E-state index in [0.29, 0.717) is 11.4 Å². The van der Waals surface area contributed by atoms with Crippen LogP contribution in [-0.4, -0.2) is 11.0 Å². The van der Waals surface area contributed by atoms with Crippen LogP contribution in [0.1, 0.15) is 53.8 Å². The van der Waals surface area contributed by atoms with E-state index in [1.54, 1.807) is 36.7 Å². The molecule has 0 amide bonds. The highest BCUT2D eigenvalue weighted by molar-refractivity contribution is 6.36. The molecule has 0 radical (unpaired) electrons. The van der Waals surface area contributed by atoms with Crippen molar-refractivity contribution in [1.82, 2.24) is 4.98 Å².